The number of ketones is 1. The van der Waals surface area contributed by atoms with E-state index in [1.807, 2.05) is 0 Å². The van der Waals surface area contributed by atoms with Crippen LogP contribution in [0.5, 0.6) is 11.5 Å². The Kier molecular flexibility index (Phi) is 7.35. The van der Waals surface area contributed by atoms with E-state index in [2.05, 4.69) is 4.72 Å². The Balaban J connectivity index is 1.81. The topological polar surface area (TPSA) is 162 Å². The lowest BCUT2D eigenvalue weighted by Crippen LogP contribution is -2.25. The van der Waals surface area contributed by atoms with E-state index in [0.29, 0.717) is 11.8 Å². The molecule has 0 saturated carbocycles. The van der Waals surface area contributed by atoms with Gasteiger partial charge in [0.25, 0.3) is 10.0 Å². The van der Waals surface area contributed by atoms with Gasteiger partial charge in [-0.1, -0.05) is 12.1 Å². The lowest BCUT2D eigenvalue weighted by molar-refractivity contribution is -0.386. The second-order valence-corrected chi connectivity index (χ2v) is 8.88. The number of sulfonamides is 1. The third kappa shape index (κ3) is 5.73. The predicted molar refractivity (Wildman–Crippen MR) is 124 cm³/mol. The molecule has 0 aliphatic carbocycles. The molecule has 0 amide bonds. The highest BCUT2D eigenvalue weighted by atomic mass is 32.2. The monoisotopic (exact) mass is 500 g/mol. The number of nitrogens with zero attached hydrogens (tertiary/aromatic N) is 1. The number of Topliss-reactive ketones (excluding diaryl/α,β-unsaturated/α-hetero) is 1. The lowest BCUT2D eigenvalue weighted by atomic mass is 10.1. The number of hydrogen-bond acceptors (Lipinski definition) is 9. The molecule has 35 heavy (non-hydrogen) atoms. The number of hydrogen-bond donors (Lipinski definition) is 2. The quantitative estimate of drug-likeness (QED) is 0.194. The molecule has 0 radical (unpaired) electrons. The number of carbonyl (C=O) groups excluding carboxylic acids is 2. The first-order valence-electron chi connectivity index (χ1n) is 10.0. The number of anilines is 1. The number of ether oxygens (including phenoxy) is 2. The van der Waals surface area contributed by atoms with E-state index in [9.17, 15) is 33.2 Å². The van der Waals surface area contributed by atoms with E-state index < -0.39 is 49.1 Å². The summed E-state index contributed by atoms with van der Waals surface area (Å²) in [5.74, 6) is -1.59. The number of methoxy groups -OCH3 is 1. The Hall–Kier alpha value is -4.45. The van der Waals surface area contributed by atoms with Gasteiger partial charge in [0.2, 0.25) is 5.78 Å². The van der Waals surface area contributed by atoms with Crippen LogP contribution in [0.1, 0.15) is 27.6 Å². The first kappa shape index (κ1) is 25.2. The van der Waals surface area contributed by atoms with Gasteiger partial charge in [0.15, 0.2) is 11.9 Å². The van der Waals surface area contributed by atoms with Crippen LogP contribution in [0.15, 0.2) is 71.6 Å². The molecule has 0 heterocycles. The second kappa shape index (κ2) is 10.2. The van der Waals surface area contributed by atoms with Crippen molar-refractivity contribution >= 4 is 33.2 Å². The SMILES string of the molecule is COc1ccc(C(=O)[C@@H](C)OC(=O)c2ccccc2NS(=O)(=O)c2ccc(O)c([N+](=O)[O-])c2)cc1. The summed E-state index contributed by atoms with van der Waals surface area (Å²) in [6.07, 6.45) is -1.18. The third-order valence-corrected chi connectivity index (χ3v) is 6.24. The highest BCUT2D eigenvalue weighted by Gasteiger charge is 2.25. The van der Waals surface area contributed by atoms with Gasteiger partial charge in [-0.05, 0) is 55.5 Å². The normalized spacial score (nSPS) is 11.8. The number of nitrogens with one attached hydrogen (secondary N) is 1. The van der Waals surface area contributed by atoms with Crippen molar-refractivity contribution in [2.24, 2.45) is 0 Å². The van der Waals surface area contributed by atoms with Gasteiger partial charge >= 0.3 is 11.7 Å². The minimum atomic E-state index is -4.39. The molecule has 12 heteroatoms. The first-order valence-corrected chi connectivity index (χ1v) is 11.5. The smallest absolute Gasteiger partial charge is 0.340 e. The van der Waals surface area contributed by atoms with Gasteiger partial charge in [-0.3, -0.25) is 19.6 Å². The molecular weight excluding hydrogens is 480 g/mol. The zero-order valence-electron chi connectivity index (χ0n) is 18.5. The molecule has 0 aromatic heterocycles. The number of nitro groups is 1. The summed E-state index contributed by atoms with van der Waals surface area (Å²) in [4.78, 5) is 35.0. The summed E-state index contributed by atoms with van der Waals surface area (Å²) < 4.78 is 38.1. The maximum atomic E-state index is 12.8. The summed E-state index contributed by atoms with van der Waals surface area (Å²) in [5, 5.41) is 20.6. The Morgan fingerprint density at radius 1 is 1.06 bits per heavy atom. The molecular formula is C23H20N2O9S. The molecule has 0 spiro atoms. The van der Waals surface area contributed by atoms with E-state index in [-0.39, 0.29) is 16.8 Å². The molecule has 0 unspecified atom stereocenters. The van der Waals surface area contributed by atoms with Crippen LogP contribution >= 0.6 is 0 Å². The molecule has 0 fully saturated rings. The van der Waals surface area contributed by atoms with Crippen LogP contribution in [-0.2, 0) is 14.8 Å². The number of phenolic OH excluding ortho intramolecular Hbond substituents is 1. The van der Waals surface area contributed by atoms with Crippen LogP contribution in [0.3, 0.4) is 0 Å². The van der Waals surface area contributed by atoms with Crippen molar-refractivity contribution in [3.63, 3.8) is 0 Å². The maximum Gasteiger partial charge on any atom is 0.340 e. The average molecular weight is 500 g/mol. The molecule has 0 bridgehead atoms. The van der Waals surface area contributed by atoms with Gasteiger partial charge in [0.1, 0.15) is 5.75 Å². The molecule has 0 saturated heterocycles. The third-order valence-electron chi connectivity index (χ3n) is 4.87. The molecule has 0 aliphatic heterocycles. The fourth-order valence-electron chi connectivity index (χ4n) is 3.04. The summed E-state index contributed by atoms with van der Waals surface area (Å²) in [6.45, 7) is 1.38. The van der Waals surface area contributed by atoms with Gasteiger partial charge in [-0.15, -0.1) is 0 Å². The van der Waals surface area contributed by atoms with E-state index in [1.165, 1.54) is 50.4 Å². The van der Waals surface area contributed by atoms with E-state index in [0.717, 1.165) is 12.1 Å². The molecule has 2 N–H and O–H groups in total. The minimum Gasteiger partial charge on any atom is -0.502 e. The largest absolute Gasteiger partial charge is 0.502 e. The van der Waals surface area contributed by atoms with Crippen LogP contribution in [0.2, 0.25) is 0 Å². The Morgan fingerprint density at radius 3 is 2.34 bits per heavy atom. The summed E-state index contributed by atoms with van der Waals surface area (Å²) in [7, 11) is -2.91. The Labute approximate surface area is 200 Å². The van der Waals surface area contributed by atoms with Crippen molar-refractivity contribution in [1.82, 2.24) is 0 Å². The molecule has 3 aromatic rings. The van der Waals surface area contributed by atoms with Crippen molar-refractivity contribution in [2.45, 2.75) is 17.9 Å². The zero-order chi connectivity index (χ0) is 25.8. The van der Waals surface area contributed by atoms with Crippen molar-refractivity contribution < 1.29 is 37.5 Å². The van der Waals surface area contributed by atoms with Crippen LogP contribution in [0.25, 0.3) is 0 Å². The van der Waals surface area contributed by atoms with E-state index in [4.69, 9.17) is 9.47 Å². The van der Waals surface area contributed by atoms with Gasteiger partial charge in [-0.2, -0.15) is 0 Å². The average Bonchev–Trinajstić information content (AvgIpc) is 2.83. The lowest BCUT2D eigenvalue weighted by Gasteiger charge is -2.15. The number of rotatable bonds is 9. The number of esters is 1. The van der Waals surface area contributed by atoms with Crippen molar-refractivity contribution in [3.05, 3.63) is 88.0 Å². The van der Waals surface area contributed by atoms with Crippen LogP contribution < -0.4 is 9.46 Å². The predicted octanol–water partition coefficient (Wildman–Crippen LogP) is 3.54. The molecule has 182 valence electrons. The van der Waals surface area contributed by atoms with Gasteiger partial charge < -0.3 is 14.6 Å². The van der Waals surface area contributed by atoms with Crippen LogP contribution in [0, 0.1) is 10.1 Å². The number of nitro benzene ring substituents is 1. The number of phenols is 1. The highest BCUT2D eigenvalue weighted by Crippen LogP contribution is 2.30. The van der Waals surface area contributed by atoms with E-state index in [1.54, 1.807) is 12.1 Å². The molecule has 11 nitrogen and oxygen atoms in total. The van der Waals surface area contributed by atoms with Gasteiger partial charge in [-0.25, -0.2) is 13.2 Å². The molecule has 3 aromatic carbocycles. The van der Waals surface area contributed by atoms with Crippen molar-refractivity contribution in [1.29, 1.82) is 0 Å². The number of carbonyl (C=O) groups is 2. The molecule has 1 atom stereocenters. The van der Waals surface area contributed by atoms with Crippen LogP contribution in [-0.4, -0.2) is 43.4 Å². The molecule has 0 aliphatic rings. The standard InChI is InChI=1S/C23H20N2O9S/c1-14(22(27)15-7-9-16(33-2)10-8-15)34-23(28)18-5-3-4-6-19(18)24-35(31,32)17-11-12-21(26)20(13-17)25(29)30/h3-14,24,26H,1-2H3/t14-/m1/s1. The summed E-state index contributed by atoms with van der Waals surface area (Å²) in [5.41, 5.74) is -0.864. The summed E-state index contributed by atoms with van der Waals surface area (Å²) >= 11 is 0. The minimum absolute atomic E-state index is 0.169. The van der Waals surface area contributed by atoms with Gasteiger partial charge in [0.05, 0.1) is 28.2 Å². The summed E-state index contributed by atoms with van der Waals surface area (Å²) in [6, 6.07) is 14.3. The highest BCUT2D eigenvalue weighted by molar-refractivity contribution is 7.92. The second-order valence-electron chi connectivity index (χ2n) is 7.20. The number of para-hydroxylation sites is 1. The fourth-order valence-corrected chi connectivity index (χ4v) is 4.14. The van der Waals surface area contributed by atoms with Crippen LogP contribution in [0.4, 0.5) is 11.4 Å². The van der Waals surface area contributed by atoms with Crippen molar-refractivity contribution in [3.8, 4) is 11.5 Å². The Morgan fingerprint density at radius 2 is 1.71 bits per heavy atom. The number of benzene rings is 3. The maximum absolute atomic E-state index is 12.8. The number of aromatic hydroxyl groups is 1. The van der Waals surface area contributed by atoms with E-state index >= 15 is 0 Å². The zero-order valence-corrected chi connectivity index (χ0v) is 19.3. The first-order chi connectivity index (χ1) is 16.5. The van der Waals surface area contributed by atoms with Gasteiger partial charge in [0, 0.05) is 11.6 Å². The molecule has 3 rings (SSSR count). The fraction of sp³-hybridized carbons (Fsp3) is 0.130. The Bertz CT molecular complexity index is 1390. The van der Waals surface area contributed by atoms with Crippen molar-refractivity contribution in [2.75, 3.05) is 11.8 Å².